The molecule has 0 radical (unpaired) electrons. The van der Waals surface area contributed by atoms with Crippen molar-refractivity contribution in [2.24, 2.45) is 0 Å². The summed E-state index contributed by atoms with van der Waals surface area (Å²) in [5, 5.41) is 7.25. The summed E-state index contributed by atoms with van der Waals surface area (Å²) in [4.78, 5) is 13.7. The second-order valence-electron chi connectivity index (χ2n) is 7.95. The number of nitrogens with zero attached hydrogens (tertiary/aromatic N) is 5. The van der Waals surface area contributed by atoms with E-state index in [-0.39, 0.29) is 0 Å². The van der Waals surface area contributed by atoms with Crippen LogP contribution in [0.1, 0.15) is 48.9 Å². The van der Waals surface area contributed by atoms with Gasteiger partial charge in [0.05, 0.1) is 0 Å². The Balaban J connectivity index is 1.68. The summed E-state index contributed by atoms with van der Waals surface area (Å²) >= 11 is 6.19. The molecule has 1 saturated heterocycles. The molecule has 1 aliphatic rings. The zero-order chi connectivity index (χ0) is 20.7. The van der Waals surface area contributed by atoms with E-state index in [1.165, 1.54) is 11.1 Å². The zero-order valence-electron chi connectivity index (χ0n) is 17.2. The summed E-state index contributed by atoms with van der Waals surface area (Å²) in [5.41, 5.74) is 5.26. The minimum absolute atomic E-state index is 0.451. The van der Waals surface area contributed by atoms with Crippen molar-refractivity contribution in [1.82, 2.24) is 24.6 Å². The van der Waals surface area contributed by atoms with Crippen molar-refractivity contribution in [1.29, 1.82) is 0 Å². The van der Waals surface area contributed by atoms with Crippen LogP contribution in [0.15, 0.2) is 30.7 Å². The van der Waals surface area contributed by atoms with E-state index in [2.05, 4.69) is 29.2 Å². The number of aromatic nitrogens is 5. The van der Waals surface area contributed by atoms with E-state index in [1.807, 2.05) is 23.7 Å². The Hall–Kier alpha value is -2.57. The molecule has 0 unspecified atom stereocenters. The number of pyridine rings is 3. The van der Waals surface area contributed by atoms with Gasteiger partial charge in [0.2, 0.25) is 0 Å². The molecule has 5 rings (SSSR count). The molecule has 7 heteroatoms. The van der Waals surface area contributed by atoms with E-state index in [0.717, 1.165) is 66.6 Å². The van der Waals surface area contributed by atoms with Crippen molar-refractivity contribution in [2.75, 3.05) is 13.2 Å². The lowest BCUT2D eigenvalue weighted by Gasteiger charge is -2.22. The molecule has 4 aromatic rings. The van der Waals surface area contributed by atoms with Crippen LogP contribution in [0.4, 0.5) is 0 Å². The molecule has 0 N–H and O–H groups in total. The number of fused-ring (bicyclic) bond motifs is 2. The van der Waals surface area contributed by atoms with Crippen LogP contribution in [0, 0.1) is 6.92 Å². The highest BCUT2D eigenvalue weighted by molar-refractivity contribution is 6.30. The summed E-state index contributed by atoms with van der Waals surface area (Å²) in [5.74, 6) is 1.18. The maximum absolute atomic E-state index is 6.19. The van der Waals surface area contributed by atoms with Gasteiger partial charge in [-0.25, -0.2) is 14.5 Å². The Morgan fingerprint density at radius 3 is 2.77 bits per heavy atom. The third-order valence-electron chi connectivity index (χ3n) is 5.92. The van der Waals surface area contributed by atoms with Gasteiger partial charge in [0.15, 0.2) is 11.5 Å². The van der Waals surface area contributed by atoms with E-state index in [0.29, 0.717) is 16.9 Å². The predicted molar refractivity (Wildman–Crippen MR) is 118 cm³/mol. The van der Waals surface area contributed by atoms with Crippen LogP contribution < -0.4 is 0 Å². The van der Waals surface area contributed by atoms with Crippen molar-refractivity contribution in [3.63, 3.8) is 0 Å². The molecule has 0 spiro atoms. The lowest BCUT2D eigenvalue weighted by molar-refractivity contribution is 0.0852. The van der Waals surface area contributed by atoms with Crippen molar-refractivity contribution in [3.05, 3.63) is 52.7 Å². The van der Waals surface area contributed by atoms with Crippen LogP contribution in [-0.4, -0.2) is 37.8 Å². The summed E-state index contributed by atoms with van der Waals surface area (Å²) in [6.07, 6.45) is 9.88. The monoisotopic (exact) mass is 421 g/mol. The third-order valence-corrected chi connectivity index (χ3v) is 6.13. The third kappa shape index (κ3) is 3.44. The number of hydrogen-bond donors (Lipinski definition) is 0. The van der Waals surface area contributed by atoms with E-state index < -0.39 is 0 Å². The van der Waals surface area contributed by atoms with Crippen LogP contribution in [0.25, 0.3) is 27.8 Å². The Labute approximate surface area is 180 Å². The van der Waals surface area contributed by atoms with Gasteiger partial charge in [0.25, 0.3) is 0 Å². The van der Waals surface area contributed by atoms with Gasteiger partial charge in [-0.1, -0.05) is 31.0 Å². The lowest BCUT2D eigenvalue weighted by atomic mass is 9.91. The Kier molecular flexibility index (Phi) is 5.13. The smallest absolute Gasteiger partial charge is 0.184 e. The molecule has 0 aliphatic carbocycles. The number of ether oxygens (including phenoxy) is 1. The highest BCUT2D eigenvalue weighted by atomic mass is 35.5. The largest absolute Gasteiger partial charge is 0.381 e. The van der Waals surface area contributed by atoms with Gasteiger partial charge in [0.1, 0.15) is 5.15 Å². The average Bonchev–Trinajstić information content (AvgIpc) is 3.19. The Morgan fingerprint density at radius 2 is 1.97 bits per heavy atom. The van der Waals surface area contributed by atoms with Crippen molar-refractivity contribution < 1.29 is 4.74 Å². The van der Waals surface area contributed by atoms with Crippen molar-refractivity contribution in [2.45, 2.75) is 45.4 Å². The van der Waals surface area contributed by atoms with Gasteiger partial charge >= 0.3 is 0 Å². The van der Waals surface area contributed by atoms with Crippen LogP contribution in [-0.2, 0) is 11.2 Å². The number of rotatable bonds is 4. The van der Waals surface area contributed by atoms with Crippen LogP contribution in [0.5, 0.6) is 0 Å². The van der Waals surface area contributed by atoms with Gasteiger partial charge in [0, 0.05) is 53.8 Å². The van der Waals surface area contributed by atoms with E-state index in [4.69, 9.17) is 26.4 Å². The molecule has 5 heterocycles. The van der Waals surface area contributed by atoms with E-state index >= 15 is 0 Å². The number of hydrogen-bond acceptors (Lipinski definition) is 5. The standard InChI is InChI=1S/C23H24ClN5O/c1-3-4-16-9-17(15-5-7-30-8-6-15)13-29-23(16)27-22(28-29)20-12-25-14(2)19-11-26-21(24)10-18(19)20/h9-13,15H,3-8H2,1-2H3. The van der Waals surface area contributed by atoms with Crippen molar-refractivity contribution in [3.8, 4) is 11.4 Å². The molecule has 0 aromatic carbocycles. The molecule has 6 nitrogen and oxygen atoms in total. The molecular formula is C23H24ClN5O. The minimum atomic E-state index is 0.451. The summed E-state index contributed by atoms with van der Waals surface area (Å²) in [6.45, 7) is 5.81. The molecular weight excluding hydrogens is 398 g/mol. The van der Waals surface area contributed by atoms with Crippen LogP contribution in [0.3, 0.4) is 0 Å². The second-order valence-corrected chi connectivity index (χ2v) is 8.34. The maximum Gasteiger partial charge on any atom is 0.184 e. The maximum atomic E-state index is 6.19. The highest BCUT2D eigenvalue weighted by Crippen LogP contribution is 2.32. The highest BCUT2D eigenvalue weighted by Gasteiger charge is 2.20. The summed E-state index contributed by atoms with van der Waals surface area (Å²) < 4.78 is 7.49. The number of halogens is 1. The fraction of sp³-hybridized carbons (Fsp3) is 0.391. The molecule has 0 atom stereocenters. The van der Waals surface area contributed by atoms with E-state index in [9.17, 15) is 0 Å². The molecule has 30 heavy (non-hydrogen) atoms. The minimum Gasteiger partial charge on any atom is -0.381 e. The predicted octanol–water partition coefficient (Wildman–Crippen LogP) is 5.15. The SMILES string of the molecule is CCCc1cc(C2CCOCC2)cn2nc(-c3cnc(C)c4cnc(Cl)cc34)nc12. The van der Waals surface area contributed by atoms with Gasteiger partial charge in [-0.3, -0.25) is 4.98 Å². The van der Waals surface area contributed by atoms with Gasteiger partial charge in [-0.15, -0.1) is 5.10 Å². The summed E-state index contributed by atoms with van der Waals surface area (Å²) in [6, 6.07) is 4.19. The molecule has 0 bridgehead atoms. The van der Waals surface area contributed by atoms with Gasteiger partial charge < -0.3 is 4.74 Å². The fourth-order valence-electron chi connectivity index (χ4n) is 4.32. The number of aryl methyl sites for hydroxylation is 2. The Morgan fingerprint density at radius 1 is 1.13 bits per heavy atom. The Bertz CT molecular complexity index is 1230. The first kappa shape index (κ1) is 19.4. The van der Waals surface area contributed by atoms with Gasteiger partial charge in [-0.2, -0.15) is 0 Å². The van der Waals surface area contributed by atoms with Crippen LogP contribution in [0.2, 0.25) is 5.15 Å². The molecule has 4 aromatic heterocycles. The van der Waals surface area contributed by atoms with Crippen molar-refractivity contribution >= 4 is 28.0 Å². The molecule has 0 saturated carbocycles. The topological polar surface area (TPSA) is 65.2 Å². The fourth-order valence-corrected chi connectivity index (χ4v) is 4.48. The second kappa shape index (κ2) is 7.93. The first-order chi connectivity index (χ1) is 14.6. The first-order valence-electron chi connectivity index (χ1n) is 10.5. The zero-order valence-corrected chi connectivity index (χ0v) is 18.0. The quantitative estimate of drug-likeness (QED) is 0.426. The summed E-state index contributed by atoms with van der Waals surface area (Å²) in [7, 11) is 0. The van der Waals surface area contributed by atoms with Gasteiger partial charge in [-0.05, 0) is 49.3 Å². The van der Waals surface area contributed by atoms with Crippen LogP contribution >= 0.6 is 11.6 Å². The normalized spacial score (nSPS) is 15.3. The lowest BCUT2D eigenvalue weighted by Crippen LogP contribution is -2.15. The molecule has 1 fully saturated rings. The first-order valence-corrected chi connectivity index (χ1v) is 10.9. The van der Waals surface area contributed by atoms with E-state index in [1.54, 1.807) is 6.20 Å². The molecule has 154 valence electrons. The molecule has 0 amide bonds. The average molecular weight is 422 g/mol. The molecule has 1 aliphatic heterocycles.